The Balaban J connectivity index is 1.44. The van der Waals surface area contributed by atoms with E-state index >= 15 is 0 Å². The number of anilines is 1. The van der Waals surface area contributed by atoms with Crippen LogP contribution in [0.15, 0.2) is 47.0 Å². The number of rotatable bonds is 8. The number of carbonyl (C=O) groups is 1. The summed E-state index contributed by atoms with van der Waals surface area (Å²) >= 11 is 0. The Morgan fingerprint density at radius 2 is 1.86 bits per heavy atom. The molecule has 1 heterocycles. The molecule has 152 valence electrons. The van der Waals surface area contributed by atoms with Crippen LogP contribution in [-0.2, 0) is 11.2 Å². The highest BCUT2D eigenvalue weighted by Gasteiger charge is 2.17. The Bertz CT molecular complexity index is 979. The minimum atomic E-state index is -1.61. The monoisotopic (exact) mass is 405 g/mol. The summed E-state index contributed by atoms with van der Waals surface area (Å²) in [5.41, 5.74) is 0.479. The largest absolute Gasteiger partial charge is 0.339 e. The van der Waals surface area contributed by atoms with Gasteiger partial charge in [-0.05, 0) is 12.1 Å². The van der Waals surface area contributed by atoms with Gasteiger partial charge in [0, 0.05) is 18.4 Å². The lowest BCUT2D eigenvalue weighted by molar-refractivity contribution is -0.871. The minimum Gasteiger partial charge on any atom is -0.339 e. The molecule has 0 fully saturated rings. The molecule has 0 aliphatic carbocycles. The van der Waals surface area contributed by atoms with Gasteiger partial charge in [0.2, 0.25) is 11.7 Å². The topological polar surface area (TPSA) is 72.5 Å². The van der Waals surface area contributed by atoms with Gasteiger partial charge < -0.3 is 14.7 Å². The van der Waals surface area contributed by atoms with Crippen LogP contribution >= 0.6 is 0 Å². The van der Waals surface area contributed by atoms with E-state index in [4.69, 9.17) is 4.52 Å². The SMILES string of the molecule is C[NH+](CCCc1nc(-c2ccccc2)no1)CC(=O)Nc1ccc(F)c(F)c1F. The van der Waals surface area contributed by atoms with Crippen LogP contribution in [0.3, 0.4) is 0 Å². The van der Waals surface area contributed by atoms with Crippen molar-refractivity contribution >= 4 is 11.6 Å². The molecule has 6 nitrogen and oxygen atoms in total. The van der Waals surface area contributed by atoms with Gasteiger partial charge in [-0.15, -0.1) is 0 Å². The fourth-order valence-corrected chi connectivity index (χ4v) is 2.78. The number of hydrogen-bond acceptors (Lipinski definition) is 4. The molecule has 2 N–H and O–H groups in total. The number of nitrogens with zero attached hydrogens (tertiary/aromatic N) is 2. The van der Waals surface area contributed by atoms with Gasteiger partial charge in [-0.1, -0.05) is 35.5 Å². The average molecular weight is 405 g/mol. The quantitative estimate of drug-likeness (QED) is 0.564. The van der Waals surface area contributed by atoms with Crippen molar-refractivity contribution < 1.29 is 27.4 Å². The number of carbonyl (C=O) groups excluding carboxylic acids is 1. The Morgan fingerprint density at radius 3 is 2.62 bits per heavy atom. The Morgan fingerprint density at radius 1 is 1.10 bits per heavy atom. The van der Waals surface area contributed by atoms with Gasteiger partial charge in [0.05, 0.1) is 19.3 Å². The highest BCUT2D eigenvalue weighted by molar-refractivity contribution is 5.91. The normalized spacial score (nSPS) is 12.0. The summed E-state index contributed by atoms with van der Waals surface area (Å²) < 4.78 is 45.0. The van der Waals surface area contributed by atoms with Gasteiger partial charge in [-0.3, -0.25) is 4.79 Å². The summed E-state index contributed by atoms with van der Waals surface area (Å²) in [4.78, 5) is 17.2. The molecule has 0 aliphatic heterocycles. The molecule has 29 heavy (non-hydrogen) atoms. The van der Waals surface area contributed by atoms with E-state index in [0.29, 0.717) is 31.1 Å². The van der Waals surface area contributed by atoms with Crippen LogP contribution in [0.4, 0.5) is 18.9 Å². The molecule has 9 heteroatoms. The smallest absolute Gasteiger partial charge is 0.279 e. The van der Waals surface area contributed by atoms with E-state index in [9.17, 15) is 18.0 Å². The summed E-state index contributed by atoms with van der Waals surface area (Å²) in [6.45, 7) is 0.661. The molecular weight excluding hydrogens is 385 g/mol. The zero-order valence-electron chi connectivity index (χ0n) is 15.7. The van der Waals surface area contributed by atoms with Crippen molar-refractivity contribution in [2.24, 2.45) is 0 Å². The molecule has 1 amide bonds. The second-order valence-electron chi connectivity index (χ2n) is 6.64. The zero-order chi connectivity index (χ0) is 20.8. The summed E-state index contributed by atoms with van der Waals surface area (Å²) in [5.74, 6) is -3.81. The molecule has 2 aromatic carbocycles. The summed E-state index contributed by atoms with van der Waals surface area (Å²) in [5, 5.41) is 6.21. The van der Waals surface area contributed by atoms with Crippen molar-refractivity contribution in [2.45, 2.75) is 12.8 Å². The number of likely N-dealkylation sites (N-methyl/N-ethyl adjacent to an activating group) is 1. The number of amides is 1. The van der Waals surface area contributed by atoms with E-state index in [0.717, 1.165) is 22.6 Å². The van der Waals surface area contributed by atoms with Gasteiger partial charge in [0.1, 0.15) is 0 Å². The van der Waals surface area contributed by atoms with Crippen LogP contribution < -0.4 is 10.2 Å². The lowest BCUT2D eigenvalue weighted by Gasteiger charge is -2.13. The van der Waals surface area contributed by atoms with Gasteiger partial charge in [0.15, 0.2) is 24.0 Å². The highest BCUT2D eigenvalue weighted by Crippen LogP contribution is 2.19. The highest BCUT2D eigenvalue weighted by atomic mass is 19.2. The van der Waals surface area contributed by atoms with Gasteiger partial charge in [-0.25, -0.2) is 13.2 Å². The number of quaternary nitrogens is 1. The van der Waals surface area contributed by atoms with Crippen LogP contribution in [0.5, 0.6) is 0 Å². The third-order valence-electron chi connectivity index (χ3n) is 4.27. The Labute approximate surface area is 165 Å². The maximum absolute atomic E-state index is 13.6. The molecule has 0 saturated heterocycles. The molecule has 1 atom stereocenters. The summed E-state index contributed by atoms with van der Waals surface area (Å²) in [6.07, 6.45) is 1.24. The lowest BCUT2D eigenvalue weighted by Crippen LogP contribution is -3.10. The molecular formula is C20H20F3N4O2+. The Hall–Kier alpha value is -3.20. The molecule has 3 rings (SSSR count). The first kappa shape index (κ1) is 20.5. The molecule has 0 aliphatic rings. The molecule has 1 unspecified atom stereocenters. The predicted octanol–water partition coefficient (Wildman–Crippen LogP) is 2.24. The van der Waals surface area contributed by atoms with E-state index in [2.05, 4.69) is 15.5 Å². The van der Waals surface area contributed by atoms with Crippen molar-refractivity contribution in [3.05, 3.63) is 65.8 Å². The standard InChI is InChI=1S/C20H19F3N4O2/c1-27(12-16(28)24-15-10-9-14(21)18(22)19(15)23)11-5-8-17-25-20(26-29-17)13-6-3-2-4-7-13/h2-4,6-7,9-10H,5,8,11-12H2,1H3,(H,24,28)/p+1. The number of halogens is 3. The predicted molar refractivity (Wildman–Crippen MR) is 99.6 cm³/mol. The van der Waals surface area contributed by atoms with Crippen LogP contribution in [0.1, 0.15) is 12.3 Å². The van der Waals surface area contributed by atoms with E-state index in [-0.39, 0.29) is 12.2 Å². The number of hydrogen-bond donors (Lipinski definition) is 2. The maximum atomic E-state index is 13.6. The number of nitrogens with one attached hydrogen (secondary N) is 2. The van der Waals surface area contributed by atoms with Crippen LogP contribution in [0.25, 0.3) is 11.4 Å². The zero-order valence-corrected chi connectivity index (χ0v) is 15.7. The van der Waals surface area contributed by atoms with E-state index in [1.54, 1.807) is 7.05 Å². The first-order valence-corrected chi connectivity index (χ1v) is 9.06. The van der Waals surface area contributed by atoms with Crippen molar-refractivity contribution in [1.29, 1.82) is 0 Å². The first-order chi connectivity index (χ1) is 13.9. The molecule has 0 saturated carbocycles. The van der Waals surface area contributed by atoms with Crippen molar-refractivity contribution in [1.82, 2.24) is 10.1 Å². The van der Waals surface area contributed by atoms with Crippen LogP contribution in [0, 0.1) is 17.5 Å². The van der Waals surface area contributed by atoms with Gasteiger partial charge in [-0.2, -0.15) is 4.98 Å². The average Bonchev–Trinajstić information content (AvgIpc) is 3.18. The summed E-state index contributed by atoms with van der Waals surface area (Å²) in [7, 11) is 1.80. The second-order valence-corrected chi connectivity index (χ2v) is 6.64. The number of aryl methyl sites for hydroxylation is 1. The summed E-state index contributed by atoms with van der Waals surface area (Å²) in [6, 6.07) is 11.2. The third kappa shape index (κ3) is 5.41. The van der Waals surface area contributed by atoms with Crippen LogP contribution in [-0.4, -0.2) is 36.2 Å². The fourth-order valence-electron chi connectivity index (χ4n) is 2.78. The Kier molecular flexibility index (Phi) is 6.61. The van der Waals surface area contributed by atoms with Gasteiger partial charge in [0.25, 0.3) is 5.91 Å². The second kappa shape index (κ2) is 9.33. The molecule has 0 radical (unpaired) electrons. The van der Waals surface area contributed by atoms with E-state index in [1.807, 2.05) is 30.3 Å². The van der Waals surface area contributed by atoms with E-state index < -0.39 is 23.4 Å². The molecule has 3 aromatic rings. The van der Waals surface area contributed by atoms with Crippen molar-refractivity contribution in [2.75, 3.05) is 25.5 Å². The molecule has 0 spiro atoms. The first-order valence-electron chi connectivity index (χ1n) is 9.06. The third-order valence-corrected chi connectivity index (χ3v) is 4.27. The molecule has 0 bridgehead atoms. The van der Waals surface area contributed by atoms with Gasteiger partial charge >= 0.3 is 0 Å². The minimum absolute atomic E-state index is 0.0392. The fraction of sp³-hybridized carbons (Fsp3) is 0.250. The van der Waals surface area contributed by atoms with E-state index in [1.165, 1.54) is 0 Å². The number of aromatic nitrogens is 2. The van der Waals surface area contributed by atoms with Crippen molar-refractivity contribution in [3.63, 3.8) is 0 Å². The van der Waals surface area contributed by atoms with Crippen LogP contribution in [0.2, 0.25) is 0 Å². The van der Waals surface area contributed by atoms with Crippen molar-refractivity contribution in [3.8, 4) is 11.4 Å². The number of benzene rings is 2. The maximum Gasteiger partial charge on any atom is 0.279 e. The molecule has 1 aromatic heterocycles. The lowest BCUT2D eigenvalue weighted by atomic mass is 10.2.